The molecule has 4 rings (SSSR count). The molecule has 1 saturated heterocycles. The molecule has 0 radical (unpaired) electrons. The van der Waals surface area contributed by atoms with Gasteiger partial charge in [0.2, 0.25) is 5.91 Å². The van der Waals surface area contributed by atoms with Crippen LogP contribution in [0, 0.1) is 11.7 Å². The van der Waals surface area contributed by atoms with Crippen LogP contribution < -0.4 is 10.6 Å². The van der Waals surface area contributed by atoms with Crippen LogP contribution in [0.15, 0.2) is 48.5 Å². The highest BCUT2D eigenvalue weighted by Crippen LogP contribution is 2.25. The van der Waals surface area contributed by atoms with E-state index in [0.29, 0.717) is 22.1 Å². The number of alkyl halides is 3. The molecule has 8 nitrogen and oxygen atoms in total. The highest BCUT2D eigenvalue weighted by atomic mass is 35.5. The third-order valence-electron chi connectivity index (χ3n) is 4.82. The van der Waals surface area contributed by atoms with E-state index in [4.69, 9.17) is 16.7 Å². The van der Waals surface area contributed by atoms with Gasteiger partial charge in [-0.2, -0.15) is 18.3 Å². The maximum Gasteiger partial charge on any atom is 0.411 e. The van der Waals surface area contributed by atoms with Crippen molar-refractivity contribution in [3.05, 3.63) is 64.9 Å². The van der Waals surface area contributed by atoms with E-state index in [1.54, 1.807) is 36.4 Å². The van der Waals surface area contributed by atoms with E-state index in [1.807, 2.05) is 0 Å². The number of nitrogens with one attached hydrogen (secondary N) is 3. The van der Waals surface area contributed by atoms with Crippen molar-refractivity contribution >= 4 is 35.0 Å². The van der Waals surface area contributed by atoms with Crippen molar-refractivity contribution in [2.24, 2.45) is 5.92 Å². The summed E-state index contributed by atoms with van der Waals surface area (Å²) in [6.07, 6.45) is -4.29. The molecule has 4 N–H and O–H groups in total. The first kappa shape index (κ1) is 27.0. The number of aromatic nitrogens is 2. The first-order valence-electron chi connectivity index (χ1n) is 10.5. The fourth-order valence-corrected chi connectivity index (χ4v) is 3.29. The number of aromatic amines is 1. The number of carbonyl (C=O) groups is 2. The molecule has 0 bridgehead atoms. The van der Waals surface area contributed by atoms with E-state index in [9.17, 15) is 27.2 Å². The molecule has 1 fully saturated rings. The van der Waals surface area contributed by atoms with E-state index < -0.39 is 30.5 Å². The minimum atomic E-state index is -4.43. The molecule has 2 heterocycles. The summed E-state index contributed by atoms with van der Waals surface area (Å²) in [5.74, 6) is -1.65. The highest BCUT2D eigenvalue weighted by Gasteiger charge is 2.28. The quantitative estimate of drug-likeness (QED) is 0.324. The third kappa shape index (κ3) is 8.54. The Balaban J connectivity index is 0.000000338. The first-order valence-corrected chi connectivity index (χ1v) is 10.9. The maximum atomic E-state index is 13.8. The van der Waals surface area contributed by atoms with Gasteiger partial charge in [-0.3, -0.25) is 14.7 Å². The number of H-pyrrole nitrogens is 1. The second-order valence-electron chi connectivity index (χ2n) is 7.80. The summed E-state index contributed by atoms with van der Waals surface area (Å²) in [7, 11) is 0. The maximum absolute atomic E-state index is 13.8. The Kier molecular flexibility index (Phi) is 8.88. The van der Waals surface area contributed by atoms with Crippen LogP contribution in [0.5, 0.6) is 0 Å². The molecule has 2 aromatic carbocycles. The number of carboxylic acid groups (broad SMARTS) is 1. The van der Waals surface area contributed by atoms with Crippen molar-refractivity contribution in [2.45, 2.75) is 19.2 Å². The lowest BCUT2D eigenvalue weighted by Crippen LogP contribution is -2.17. The number of benzene rings is 2. The molecule has 1 atom stereocenters. The number of carbonyl (C=O) groups excluding carboxylic acids is 1. The van der Waals surface area contributed by atoms with Gasteiger partial charge in [-0.05, 0) is 48.0 Å². The van der Waals surface area contributed by atoms with E-state index in [1.165, 1.54) is 6.07 Å². The number of hydrogen-bond acceptors (Lipinski definition) is 5. The SMILES string of the molecule is Fc1cc(COCC(F)(F)F)cc(-c2cc(Nc3ccc(Cl)cc3)n[nH]2)c1.O=C1C[C@H](C(=O)O)CN1. The number of ether oxygens (including phenoxy) is 1. The Hall–Kier alpha value is -3.64. The molecule has 0 saturated carbocycles. The average molecular weight is 529 g/mol. The zero-order valence-electron chi connectivity index (χ0n) is 18.5. The Morgan fingerprint density at radius 1 is 1.19 bits per heavy atom. The fraction of sp³-hybridized carbons (Fsp3) is 0.261. The van der Waals surface area contributed by atoms with Crippen LogP contribution >= 0.6 is 11.6 Å². The molecule has 0 unspecified atom stereocenters. The van der Waals surface area contributed by atoms with Gasteiger partial charge in [0.25, 0.3) is 0 Å². The zero-order chi connectivity index (χ0) is 26.3. The number of rotatable bonds is 7. The number of amides is 1. The second kappa shape index (κ2) is 11.9. The van der Waals surface area contributed by atoms with Gasteiger partial charge in [0.05, 0.1) is 18.2 Å². The summed E-state index contributed by atoms with van der Waals surface area (Å²) in [5, 5.41) is 21.3. The Morgan fingerprint density at radius 3 is 2.50 bits per heavy atom. The van der Waals surface area contributed by atoms with Crippen molar-refractivity contribution in [3.8, 4) is 11.3 Å². The monoisotopic (exact) mass is 528 g/mol. The van der Waals surface area contributed by atoms with Crippen molar-refractivity contribution in [2.75, 3.05) is 18.5 Å². The standard InChI is InChI=1S/C18H14ClF4N3O.C5H7NO3/c19-13-1-3-15(4-2-13)24-17-8-16(25-26-17)12-5-11(6-14(20)7-12)9-27-10-18(21,22)23;7-4-1-3(2-6-4)5(8)9/h1-8H,9-10H2,(H2,24,25,26);3H,1-2H2,(H,6,7)(H,8,9)/t;3-/m.0/s1. The molecular weight excluding hydrogens is 508 g/mol. The van der Waals surface area contributed by atoms with Gasteiger partial charge in [0.15, 0.2) is 5.82 Å². The molecule has 1 amide bonds. The van der Waals surface area contributed by atoms with Gasteiger partial charge in [-0.1, -0.05) is 11.6 Å². The van der Waals surface area contributed by atoms with E-state index in [-0.39, 0.29) is 31.0 Å². The Morgan fingerprint density at radius 2 is 1.92 bits per heavy atom. The van der Waals surface area contributed by atoms with Crippen LogP contribution in [0.1, 0.15) is 12.0 Å². The zero-order valence-corrected chi connectivity index (χ0v) is 19.3. The summed E-state index contributed by atoms with van der Waals surface area (Å²) in [4.78, 5) is 20.5. The van der Waals surface area contributed by atoms with Gasteiger partial charge in [0, 0.05) is 35.3 Å². The smallest absolute Gasteiger partial charge is 0.411 e. The lowest BCUT2D eigenvalue weighted by molar-refractivity contribution is -0.176. The largest absolute Gasteiger partial charge is 0.481 e. The molecule has 1 aromatic heterocycles. The molecule has 192 valence electrons. The summed E-state index contributed by atoms with van der Waals surface area (Å²) in [6, 6.07) is 12.6. The molecule has 13 heteroatoms. The lowest BCUT2D eigenvalue weighted by atomic mass is 10.1. The van der Waals surface area contributed by atoms with E-state index >= 15 is 0 Å². The summed E-state index contributed by atoms with van der Waals surface area (Å²) < 4.78 is 54.9. The summed E-state index contributed by atoms with van der Waals surface area (Å²) in [6.45, 7) is -1.46. The predicted molar refractivity (Wildman–Crippen MR) is 123 cm³/mol. The second-order valence-corrected chi connectivity index (χ2v) is 8.23. The van der Waals surface area contributed by atoms with Gasteiger partial charge in [-0.25, -0.2) is 4.39 Å². The van der Waals surface area contributed by atoms with Crippen molar-refractivity contribution in [1.29, 1.82) is 0 Å². The highest BCUT2D eigenvalue weighted by molar-refractivity contribution is 6.30. The third-order valence-corrected chi connectivity index (χ3v) is 5.08. The Bertz CT molecular complexity index is 1200. The fourth-order valence-electron chi connectivity index (χ4n) is 3.17. The topological polar surface area (TPSA) is 116 Å². The van der Waals surface area contributed by atoms with Crippen LogP contribution in [0.25, 0.3) is 11.3 Å². The minimum absolute atomic E-state index is 0.134. The summed E-state index contributed by atoms with van der Waals surface area (Å²) in [5.41, 5.74) is 1.99. The molecule has 1 aliphatic rings. The van der Waals surface area contributed by atoms with Crippen LogP contribution in [0.4, 0.5) is 29.1 Å². The number of hydrogen-bond donors (Lipinski definition) is 4. The summed E-state index contributed by atoms with van der Waals surface area (Å²) >= 11 is 5.83. The number of aliphatic carboxylic acids is 1. The van der Waals surface area contributed by atoms with Crippen LogP contribution in [-0.2, 0) is 20.9 Å². The molecule has 3 aromatic rings. The lowest BCUT2D eigenvalue weighted by Gasteiger charge is -2.09. The van der Waals surface area contributed by atoms with E-state index in [2.05, 4.69) is 25.6 Å². The molecule has 36 heavy (non-hydrogen) atoms. The van der Waals surface area contributed by atoms with Crippen LogP contribution in [0.3, 0.4) is 0 Å². The average Bonchev–Trinajstić information content (AvgIpc) is 3.44. The Labute approximate surface area is 207 Å². The molecule has 0 aliphatic carbocycles. The van der Waals surface area contributed by atoms with Gasteiger partial charge in [0.1, 0.15) is 12.4 Å². The molecule has 0 spiro atoms. The van der Waals surface area contributed by atoms with Crippen molar-refractivity contribution in [1.82, 2.24) is 15.5 Å². The predicted octanol–water partition coefficient (Wildman–Crippen LogP) is 4.90. The number of nitrogens with zero attached hydrogens (tertiary/aromatic N) is 1. The normalized spacial score (nSPS) is 15.1. The van der Waals surface area contributed by atoms with E-state index in [0.717, 1.165) is 11.8 Å². The van der Waals surface area contributed by atoms with Crippen molar-refractivity contribution < 1.29 is 37.0 Å². The van der Waals surface area contributed by atoms with Crippen molar-refractivity contribution in [3.63, 3.8) is 0 Å². The van der Waals surface area contributed by atoms with Gasteiger partial charge >= 0.3 is 12.1 Å². The van der Waals surface area contributed by atoms with Gasteiger partial charge in [-0.15, -0.1) is 0 Å². The van der Waals surface area contributed by atoms with Crippen LogP contribution in [-0.4, -0.2) is 46.5 Å². The number of halogens is 5. The van der Waals surface area contributed by atoms with Gasteiger partial charge < -0.3 is 20.5 Å². The minimum Gasteiger partial charge on any atom is -0.481 e. The molecular formula is C23H21ClF4N4O4. The number of carboxylic acids is 1. The van der Waals surface area contributed by atoms with Crippen LogP contribution in [0.2, 0.25) is 5.02 Å². The molecule has 1 aliphatic heterocycles. The number of anilines is 2. The first-order chi connectivity index (χ1) is 17.0.